The van der Waals surface area contributed by atoms with E-state index in [9.17, 15) is 5.26 Å². The molecule has 0 spiro atoms. The molecule has 2 aliphatic rings. The van der Waals surface area contributed by atoms with E-state index in [1.54, 1.807) is 0 Å². The molecule has 1 N–H and O–H groups in total. The molecule has 2 rings (SSSR count). The molecule has 25 heavy (non-hydrogen) atoms. The van der Waals surface area contributed by atoms with Crippen molar-refractivity contribution in [2.75, 3.05) is 6.61 Å². The summed E-state index contributed by atoms with van der Waals surface area (Å²) in [6.45, 7) is 15.2. The van der Waals surface area contributed by atoms with Gasteiger partial charge < -0.3 is 19.0 Å². The second kappa shape index (κ2) is 6.93. The number of aliphatic hydroxyl groups excluding tert-OH is 1. The fourth-order valence-electron chi connectivity index (χ4n) is 3.13. The van der Waals surface area contributed by atoms with Gasteiger partial charge in [0.1, 0.15) is 12.2 Å². The topological polar surface area (TPSA) is 78.3 Å². The van der Waals surface area contributed by atoms with Gasteiger partial charge in [-0.25, -0.2) is 0 Å². The maximum Gasteiger partial charge on any atom is 0.193 e. The first kappa shape index (κ1) is 20.9. The highest BCUT2D eigenvalue weighted by Gasteiger charge is 2.56. The first-order chi connectivity index (χ1) is 11.4. The summed E-state index contributed by atoms with van der Waals surface area (Å²) in [4.78, 5) is 0. The molecule has 0 aromatic rings. The third-order valence-corrected chi connectivity index (χ3v) is 10.9. The number of aliphatic hydroxyl groups is 1. The number of ether oxygens (including phenoxy) is 2. The molecule has 5 atom stereocenters. The van der Waals surface area contributed by atoms with Gasteiger partial charge in [0, 0.05) is 0 Å². The lowest BCUT2D eigenvalue weighted by Crippen LogP contribution is -2.43. The maximum absolute atomic E-state index is 9.48. The van der Waals surface area contributed by atoms with Crippen molar-refractivity contribution in [1.29, 1.82) is 5.26 Å². The third kappa shape index (κ3) is 4.84. The minimum absolute atomic E-state index is 0.0153. The Morgan fingerprint density at radius 3 is 2.20 bits per heavy atom. The molecule has 0 aliphatic carbocycles. The Morgan fingerprint density at radius 1 is 1.16 bits per heavy atom. The van der Waals surface area contributed by atoms with E-state index < -0.39 is 8.32 Å². The van der Waals surface area contributed by atoms with Gasteiger partial charge in [0.2, 0.25) is 0 Å². The Labute approximate surface area is 153 Å². The Balaban J connectivity index is 1.76. The fourth-order valence-corrected chi connectivity index (χ4v) is 4.37. The monoisotopic (exact) mass is 369 g/mol. The Hall–Kier alpha value is -0.453. The van der Waals surface area contributed by atoms with Gasteiger partial charge in [-0.2, -0.15) is 5.26 Å². The zero-order valence-electron chi connectivity index (χ0n) is 16.9. The van der Waals surface area contributed by atoms with Crippen molar-refractivity contribution in [2.45, 2.75) is 108 Å². The van der Waals surface area contributed by atoms with Crippen LogP contribution in [0.1, 0.15) is 60.3 Å². The molecule has 0 aromatic carbocycles. The standard InChI is InChI=1S/C19H35NO4Si/c1-17(2,3)25(6,7)24-14(12-20)8-10-18(4)15(22-18)9-11-19(5)16(13-21)23-19/h14-16,21H,8-11,13H2,1-7H3/t14?,15-,16+,18-,19+/m0/s1. The molecule has 144 valence electrons. The summed E-state index contributed by atoms with van der Waals surface area (Å²) in [5, 5.41) is 18.7. The van der Waals surface area contributed by atoms with Crippen molar-refractivity contribution in [3.05, 3.63) is 0 Å². The Bertz CT molecular complexity index is 526. The van der Waals surface area contributed by atoms with Crippen molar-refractivity contribution in [1.82, 2.24) is 0 Å². The van der Waals surface area contributed by atoms with Crippen LogP contribution in [0.25, 0.3) is 0 Å². The van der Waals surface area contributed by atoms with Gasteiger partial charge in [-0.15, -0.1) is 0 Å². The summed E-state index contributed by atoms with van der Waals surface area (Å²) in [5.74, 6) is 0. The smallest absolute Gasteiger partial charge is 0.193 e. The van der Waals surface area contributed by atoms with Crippen LogP contribution in [0.3, 0.4) is 0 Å². The highest BCUT2D eigenvalue weighted by molar-refractivity contribution is 6.74. The predicted octanol–water partition coefficient (Wildman–Crippen LogP) is 3.77. The van der Waals surface area contributed by atoms with Crippen molar-refractivity contribution in [3.63, 3.8) is 0 Å². The van der Waals surface area contributed by atoms with E-state index in [-0.39, 0.29) is 41.2 Å². The summed E-state index contributed by atoms with van der Waals surface area (Å²) in [7, 11) is -1.93. The van der Waals surface area contributed by atoms with E-state index >= 15 is 0 Å². The van der Waals surface area contributed by atoms with Gasteiger partial charge in [-0.1, -0.05) is 20.8 Å². The van der Waals surface area contributed by atoms with Gasteiger partial charge >= 0.3 is 0 Å². The van der Waals surface area contributed by atoms with E-state index in [1.807, 2.05) is 6.92 Å². The van der Waals surface area contributed by atoms with E-state index in [0.29, 0.717) is 6.42 Å². The maximum atomic E-state index is 9.48. The predicted molar refractivity (Wildman–Crippen MR) is 99.8 cm³/mol. The number of epoxide rings is 2. The van der Waals surface area contributed by atoms with Gasteiger partial charge in [0.05, 0.1) is 30.0 Å². The zero-order chi connectivity index (χ0) is 19.1. The van der Waals surface area contributed by atoms with E-state index in [4.69, 9.17) is 19.0 Å². The van der Waals surface area contributed by atoms with Crippen LogP contribution < -0.4 is 0 Å². The van der Waals surface area contributed by atoms with Crippen LogP contribution in [0.2, 0.25) is 18.1 Å². The number of hydrogen-bond donors (Lipinski definition) is 1. The number of rotatable bonds is 9. The van der Waals surface area contributed by atoms with Crippen LogP contribution in [-0.2, 0) is 13.9 Å². The van der Waals surface area contributed by atoms with Crippen molar-refractivity contribution in [3.8, 4) is 6.07 Å². The van der Waals surface area contributed by atoms with Crippen molar-refractivity contribution in [2.24, 2.45) is 0 Å². The van der Waals surface area contributed by atoms with E-state index in [0.717, 1.165) is 19.3 Å². The van der Waals surface area contributed by atoms with E-state index in [2.05, 4.69) is 46.9 Å². The lowest BCUT2D eigenvalue weighted by molar-refractivity contribution is 0.198. The molecular formula is C19H35NO4Si. The van der Waals surface area contributed by atoms with Gasteiger partial charge in [-0.05, 0) is 57.7 Å². The van der Waals surface area contributed by atoms with Gasteiger partial charge in [-0.3, -0.25) is 0 Å². The van der Waals surface area contributed by atoms with Crippen LogP contribution in [-0.4, -0.2) is 49.5 Å². The van der Waals surface area contributed by atoms with Gasteiger partial charge in [0.25, 0.3) is 0 Å². The summed E-state index contributed by atoms with van der Waals surface area (Å²) in [5.41, 5.74) is -0.325. The molecule has 0 amide bonds. The van der Waals surface area contributed by atoms with Crippen molar-refractivity contribution < 1.29 is 19.0 Å². The molecule has 2 saturated heterocycles. The van der Waals surface area contributed by atoms with Crippen LogP contribution >= 0.6 is 0 Å². The van der Waals surface area contributed by atoms with Crippen LogP contribution in [0.5, 0.6) is 0 Å². The highest BCUT2D eigenvalue weighted by Crippen LogP contribution is 2.48. The van der Waals surface area contributed by atoms with Crippen LogP contribution in [0, 0.1) is 11.3 Å². The minimum Gasteiger partial charge on any atom is -0.401 e. The lowest BCUT2D eigenvalue weighted by Gasteiger charge is -2.37. The second-order valence-corrected chi connectivity index (χ2v) is 14.4. The average molecular weight is 370 g/mol. The van der Waals surface area contributed by atoms with E-state index in [1.165, 1.54) is 0 Å². The first-order valence-electron chi connectivity index (χ1n) is 9.41. The molecule has 5 nitrogen and oxygen atoms in total. The Kier molecular flexibility index (Phi) is 5.78. The Morgan fingerprint density at radius 2 is 1.72 bits per heavy atom. The number of nitrogens with zero attached hydrogens (tertiary/aromatic N) is 1. The number of hydrogen-bond acceptors (Lipinski definition) is 5. The third-order valence-electron chi connectivity index (χ3n) is 6.43. The highest BCUT2D eigenvalue weighted by atomic mass is 28.4. The quantitative estimate of drug-likeness (QED) is 0.494. The lowest BCUT2D eigenvalue weighted by atomic mass is 9.93. The zero-order valence-corrected chi connectivity index (χ0v) is 17.9. The largest absolute Gasteiger partial charge is 0.401 e. The molecule has 1 unspecified atom stereocenters. The SMILES string of the molecule is CC(C)(C)[Si](C)(C)OC(C#N)CC[C@]1(C)O[C@H]1CC[C@@]1(C)O[C@@H]1CO. The molecule has 6 heteroatoms. The summed E-state index contributed by atoms with van der Waals surface area (Å²) >= 11 is 0. The molecule has 2 heterocycles. The molecule has 2 aliphatic heterocycles. The normalized spacial score (nSPS) is 36.0. The first-order valence-corrected chi connectivity index (χ1v) is 12.3. The van der Waals surface area contributed by atoms with Crippen molar-refractivity contribution >= 4 is 8.32 Å². The molecule has 2 fully saturated rings. The molecule has 0 bridgehead atoms. The molecule has 0 aromatic heterocycles. The molecular weight excluding hydrogens is 334 g/mol. The summed E-state index contributed by atoms with van der Waals surface area (Å²) in [6, 6.07) is 2.33. The minimum atomic E-state index is -1.93. The fraction of sp³-hybridized carbons (Fsp3) is 0.947. The molecule has 0 saturated carbocycles. The van der Waals surface area contributed by atoms with Gasteiger partial charge in [0.15, 0.2) is 8.32 Å². The second-order valence-electron chi connectivity index (χ2n) is 9.59. The molecule has 0 radical (unpaired) electrons. The summed E-state index contributed by atoms with van der Waals surface area (Å²) in [6.07, 6.45) is 3.24. The van der Waals surface area contributed by atoms with Crippen LogP contribution in [0.15, 0.2) is 0 Å². The average Bonchev–Trinajstić information content (AvgIpc) is 3.36. The summed E-state index contributed by atoms with van der Waals surface area (Å²) < 4.78 is 17.7. The number of nitriles is 1. The van der Waals surface area contributed by atoms with Crippen LogP contribution in [0.4, 0.5) is 0 Å².